The molecule has 1 aromatic rings. The predicted molar refractivity (Wildman–Crippen MR) is 86.4 cm³/mol. The van der Waals surface area contributed by atoms with E-state index in [0.29, 0.717) is 31.2 Å². The van der Waals surface area contributed by atoms with Gasteiger partial charge in [0.2, 0.25) is 10.0 Å². The Balaban J connectivity index is 1.93. The van der Waals surface area contributed by atoms with E-state index in [2.05, 4.69) is 5.32 Å². The van der Waals surface area contributed by atoms with Crippen molar-refractivity contribution in [3.63, 3.8) is 0 Å². The second-order valence-electron chi connectivity index (χ2n) is 5.34. The lowest BCUT2D eigenvalue weighted by molar-refractivity contribution is 0.170. The number of hydrogen-bond donors (Lipinski definition) is 1. The third-order valence-corrected chi connectivity index (χ3v) is 5.35. The van der Waals surface area contributed by atoms with Crippen LogP contribution in [0.1, 0.15) is 18.5 Å². The van der Waals surface area contributed by atoms with E-state index in [1.165, 1.54) is 10.6 Å². The van der Waals surface area contributed by atoms with Gasteiger partial charge in [-0.05, 0) is 18.6 Å². The normalized spacial score (nSPS) is 18.0. The first kappa shape index (κ1) is 17.1. The SMILES string of the molecule is CC(NC(=O)N1CCN(S(C)(=O)=O)CC1)c1ccccc1Cl. The molecule has 1 N–H and O–H groups in total. The third-order valence-electron chi connectivity index (χ3n) is 3.71. The van der Waals surface area contributed by atoms with Crippen molar-refractivity contribution in [2.24, 2.45) is 0 Å². The number of nitrogens with zero attached hydrogens (tertiary/aromatic N) is 2. The van der Waals surface area contributed by atoms with E-state index >= 15 is 0 Å². The predicted octanol–water partition coefficient (Wildman–Crippen LogP) is 1.69. The number of carbonyl (C=O) groups is 1. The molecule has 0 aromatic heterocycles. The Morgan fingerprint density at radius 3 is 2.36 bits per heavy atom. The molecular formula is C14H20ClN3O3S. The molecule has 0 spiro atoms. The Hall–Kier alpha value is -1.31. The molecular weight excluding hydrogens is 326 g/mol. The van der Waals surface area contributed by atoms with Crippen LogP contribution in [0.25, 0.3) is 0 Å². The molecule has 0 bridgehead atoms. The Morgan fingerprint density at radius 2 is 1.82 bits per heavy atom. The van der Waals surface area contributed by atoms with Crippen molar-refractivity contribution in [3.8, 4) is 0 Å². The van der Waals surface area contributed by atoms with E-state index in [-0.39, 0.29) is 12.1 Å². The summed E-state index contributed by atoms with van der Waals surface area (Å²) in [6, 6.07) is 6.94. The standard InChI is InChI=1S/C14H20ClN3O3S/c1-11(12-5-3-4-6-13(12)15)16-14(19)17-7-9-18(10-8-17)22(2,20)21/h3-6,11H,7-10H2,1-2H3,(H,16,19). The molecule has 1 unspecified atom stereocenters. The number of carbonyl (C=O) groups excluding carboxylic acids is 1. The number of amides is 2. The van der Waals surface area contributed by atoms with E-state index in [1.54, 1.807) is 11.0 Å². The van der Waals surface area contributed by atoms with Crippen LogP contribution in [-0.4, -0.2) is 56.1 Å². The minimum Gasteiger partial charge on any atom is -0.331 e. The minimum atomic E-state index is -3.19. The third kappa shape index (κ3) is 4.12. The van der Waals surface area contributed by atoms with Gasteiger partial charge in [0, 0.05) is 31.2 Å². The van der Waals surface area contributed by atoms with Crippen LogP contribution in [0.2, 0.25) is 5.02 Å². The monoisotopic (exact) mass is 345 g/mol. The van der Waals surface area contributed by atoms with Crippen molar-refractivity contribution in [2.75, 3.05) is 32.4 Å². The van der Waals surface area contributed by atoms with Crippen LogP contribution in [0.15, 0.2) is 24.3 Å². The number of benzene rings is 1. The summed E-state index contributed by atoms with van der Waals surface area (Å²) in [4.78, 5) is 13.9. The lowest BCUT2D eigenvalue weighted by Crippen LogP contribution is -2.53. The van der Waals surface area contributed by atoms with Crippen molar-refractivity contribution in [2.45, 2.75) is 13.0 Å². The van der Waals surface area contributed by atoms with Crippen molar-refractivity contribution in [1.82, 2.24) is 14.5 Å². The summed E-state index contributed by atoms with van der Waals surface area (Å²) in [7, 11) is -3.19. The quantitative estimate of drug-likeness (QED) is 0.906. The highest BCUT2D eigenvalue weighted by molar-refractivity contribution is 7.88. The fourth-order valence-electron chi connectivity index (χ4n) is 2.40. The molecule has 1 aliphatic heterocycles. The molecule has 0 radical (unpaired) electrons. The maximum absolute atomic E-state index is 12.3. The molecule has 2 amide bonds. The highest BCUT2D eigenvalue weighted by Crippen LogP contribution is 2.22. The van der Waals surface area contributed by atoms with Gasteiger partial charge in [-0.3, -0.25) is 0 Å². The summed E-state index contributed by atoms with van der Waals surface area (Å²) < 4.78 is 24.3. The first-order chi connectivity index (χ1) is 10.3. The number of hydrogen-bond acceptors (Lipinski definition) is 3. The largest absolute Gasteiger partial charge is 0.331 e. The van der Waals surface area contributed by atoms with E-state index in [1.807, 2.05) is 25.1 Å². The lowest BCUT2D eigenvalue weighted by atomic mass is 10.1. The number of urea groups is 1. The van der Waals surface area contributed by atoms with E-state index in [0.717, 1.165) is 5.56 Å². The minimum absolute atomic E-state index is 0.208. The first-order valence-corrected chi connectivity index (χ1v) is 9.26. The maximum Gasteiger partial charge on any atom is 0.317 e. The molecule has 1 fully saturated rings. The Labute approximate surface area is 136 Å². The van der Waals surface area contributed by atoms with Gasteiger partial charge in [-0.1, -0.05) is 29.8 Å². The van der Waals surface area contributed by atoms with Gasteiger partial charge in [0.1, 0.15) is 0 Å². The number of piperazine rings is 1. The van der Waals surface area contributed by atoms with Crippen LogP contribution in [0.3, 0.4) is 0 Å². The highest BCUT2D eigenvalue weighted by atomic mass is 35.5. The Morgan fingerprint density at radius 1 is 1.23 bits per heavy atom. The van der Waals surface area contributed by atoms with Crippen LogP contribution in [0.5, 0.6) is 0 Å². The summed E-state index contributed by atoms with van der Waals surface area (Å²) >= 11 is 6.12. The van der Waals surface area contributed by atoms with Crippen LogP contribution in [0, 0.1) is 0 Å². The van der Waals surface area contributed by atoms with Gasteiger partial charge in [-0.25, -0.2) is 13.2 Å². The van der Waals surface area contributed by atoms with E-state index < -0.39 is 10.0 Å². The van der Waals surface area contributed by atoms with Crippen molar-refractivity contribution >= 4 is 27.7 Å². The van der Waals surface area contributed by atoms with Gasteiger partial charge in [0.15, 0.2) is 0 Å². The number of halogens is 1. The van der Waals surface area contributed by atoms with Crippen LogP contribution < -0.4 is 5.32 Å². The van der Waals surface area contributed by atoms with E-state index in [9.17, 15) is 13.2 Å². The van der Waals surface area contributed by atoms with Gasteiger partial charge in [-0.15, -0.1) is 0 Å². The van der Waals surface area contributed by atoms with Gasteiger partial charge in [-0.2, -0.15) is 4.31 Å². The molecule has 0 aliphatic carbocycles. The number of nitrogens with one attached hydrogen (secondary N) is 1. The Kier molecular flexibility index (Phi) is 5.31. The second kappa shape index (κ2) is 6.85. The van der Waals surface area contributed by atoms with Crippen LogP contribution in [-0.2, 0) is 10.0 Å². The van der Waals surface area contributed by atoms with Gasteiger partial charge in [0.25, 0.3) is 0 Å². The maximum atomic E-state index is 12.3. The average Bonchev–Trinajstić information content (AvgIpc) is 2.46. The van der Waals surface area contributed by atoms with E-state index in [4.69, 9.17) is 11.6 Å². The molecule has 1 aromatic carbocycles. The zero-order chi connectivity index (χ0) is 16.3. The molecule has 22 heavy (non-hydrogen) atoms. The van der Waals surface area contributed by atoms with Crippen molar-refractivity contribution in [3.05, 3.63) is 34.9 Å². The number of rotatable bonds is 3. The lowest BCUT2D eigenvalue weighted by Gasteiger charge is -2.34. The van der Waals surface area contributed by atoms with Crippen LogP contribution >= 0.6 is 11.6 Å². The fourth-order valence-corrected chi connectivity index (χ4v) is 3.53. The smallest absolute Gasteiger partial charge is 0.317 e. The van der Waals surface area contributed by atoms with Crippen molar-refractivity contribution in [1.29, 1.82) is 0 Å². The first-order valence-electron chi connectivity index (χ1n) is 7.04. The summed E-state index contributed by atoms with van der Waals surface area (Å²) in [6.45, 7) is 3.29. The van der Waals surface area contributed by atoms with Crippen molar-refractivity contribution < 1.29 is 13.2 Å². The molecule has 1 aliphatic rings. The molecule has 2 rings (SSSR count). The second-order valence-corrected chi connectivity index (χ2v) is 7.73. The Bertz CT molecular complexity index is 642. The molecule has 122 valence electrons. The summed E-state index contributed by atoms with van der Waals surface area (Å²) in [5.74, 6) is 0. The number of sulfonamides is 1. The van der Waals surface area contributed by atoms with Gasteiger partial charge >= 0.3 is 6.03 Å². The zero-order valence-electron chi connectivity index (χ0n) is 12.6. The van der Waals surface area contributed by atoms with Gasteiger partial charge in [0.05, 0.1) is 12.3 Å². The molecule has 1 saturated heterocycles. The molecule has 1 atom stereocenters. The fraction of sp³-hybridized carbons (Fsp3) is 0.500. The highest BCUT2D eigenvalue weighted by Gasteiger charge is 2.26. The molecule has 6 nitrogen and oxygen atoms in total. The summed E-state index contributed by atoms with van der Waals surface area (Å²) in [5, 5.41) is 3.50. The average molecular weight is 346 g/mol. The molecule has 0 saturated carbocycles. The summed E-state index contributed by atoms with van der Waals surface area (Å²) in [6.07, 6.45) is 1.18. The molecule has 1 heterocycles. The molecule has 8 heteroatoms. The topological polar surface area (TPSA) is 69.7 Å². The van der Waals surface area contributed by atoms with Gasteiger partial charge < -0.3 is 10.2 Å². The summed E-state index contributed by atoms with van der Waals surface area (Å²) in [5.41, 5.74) is 0.854. The zero-order valence-corrected chi connectivity index (χ0v) is 14.2. The van der Waals surface area contributed by atoms with Crippen LogP contribution in [0.4, 0.5) is 4.79 Å².